The Bertz CT molecular complexity index is 374. The standard InChI is InChI=1S/C13H20N2O3/c1-15(13(16)12(8-14)18-3)9-10-4-6-11(17-2)7-5-10/h4-7,12H,8-9,14H2,1-3H3. The predicted molar refractivity (Wildman–Crippen MR) is 69.3 cm³/mol. The van der Waals surface area contributed by atoms with E-state index in [0.717, 1.165) is 11.3 Å². The Kier molecular flexibility index (Phi) is 5.61. The van der Waals surface area contributed by atoms with Crippen LogP contribution in [-0.4, -0.2) is 44.7 Å². The second-order valence-corrected chi connectivity index (χ2v) is 4.00. The molecule has 0 saturated heterocycles. The highest BCUT2D eigenvalue weighted by Gasteiger charge is 2.19. The van der Waals surface area contributed by atoms with Gasteiger partial charge in [0.15, 0.2) is 0 Å². The molecule has 0 aromatic heterocycles. The molecule has 0 aliphatic rings. The number of hydrogen-bond donors (Lipinski definition) is 1. The molecule has 0 spiro atoms. The van der Waals surface area contributed by atoms with Crippen LogP contribution in [0.2, 0.25) is 0 Å². The summed E-state index contributed by atoms with van der Waals surface area (Å²) in [5.41, 5.74) is 6.49. The lowest BCUT2D eigenvalue weighted by atomic mass is 10.2. The minimum absolute atomic E-state index is 0.115. The largest absolute Gasteiger partial charge is 0.497 e. The molecule has 1 amide bonds. The van der Waals surface area contributed by atoms with Gasteiger partial charge in [0.1, 0.15) is 11.9 Å². The first-order chi connectivity index (χ1) is 8.62. The molecule has 100 valence electrons. The Morgan fingerprint density at radius 1 is 1.33 bits per heavy atom. The van der Waals surface area contributed by atoms with E-state index in [-0.39, 0.29) is 12.5 Å². The van der Waals surface area contributed by atoms with Gasteiger partial charge in [-0.1, -0.05) is 12.1 Å². The zero-order chi connectivity index (χ0) is 13.5. The molecule has 0 fully saturated rings. The summed E-state index contributed by atoms with van der Waals surface area (Å²) >= 11 is 0. The van der Waals surface area contributed by atoms with Gasteiger partial charge in [0.05, 0.1) is 7.11 Å². The molecule has 1 aromatic rings. The number of amides is 1. The summed E-state index contributed by atoms with van der Waals surface area (Å²) in [7, 11) is 4.83. The number of hydrogen-bond acceptors (Lipinski definition) is 4. The minimum atomic E-state index is -0.576. The van der Waals surface area contributed by atoms with Crippen LogP contribution in [0.1, 0.15) is 5.56 Å². The lowest BCUT2D eigenvalue weighted by Gasteiger charge is -2.22. The number of ether oxygens (including phenoxy) is 2. The Hall–Kier alpha value is -1.59. The topological polar surface area (TPSA) is 64.8 Å². The zero-order valence-electron chi connectivity index (χ0n) is 11.1. The maximum absolute atomic E-state index is 11.9. The minimum Gasteiger partial charge on any atom is -0.497 e. The molecule has 5 heteroatoms. The number of methoxy groups -OCH3 is 2. The van der Waals surface area contributed by atoms with Crippen molar-refractivity contribution in [3.05, 3.63) is 29.8 Å². The molecule has 0 heterocycles. The van der Waals surface area contributed by atoms with Gasteiger partial charge in [0.2, 0.25) is 0 Å². The number of carbonyl (C=O) groups excluding carboxylic acids is 1. The van der Waals surface area contributed by atoms with Crippen LogP contribution in [0, 0.1) is 0 Å². The predicted octanol–water partition coefficient (Wildman–Crippen LogP) is 0.627. The van der Waals surface area contributed by atoms with E-state index in [0.29, 0.717) is 6.54 Å². The maximum Gasteiger partial charge on any atom is 0.253 e. The highest BCUT2D eigenvalue weighted by atomic mass is 16.5. The highest BCUT2D eigenvalue weighted by Crippen LogP contribution is 2.13. The highest BCUT2D eigenvalue weighted by molar-refractivity contribution is 5.80. The summed E-state index contributed by atoms with van der Waals surface area (Å²) in [6.07, 6.45) is -0.576. The lowest BCUT2D eigenvalue weighted by Crippen LogP contribution is -2.41. The second-order valence-electron chi connectivity index (χ2n) is 4.00. The third-order valence-electron chi connectivity index (χ3n) is 2.73. The summed E-state index contributed by atoms with van der Waals surface area (Å²) in [6.45, 7) is 0.699. The van der Waals surface area contributed by atoms with E-state index >= 15 is 0 Å². The van der Waals surface area contributed by atoms with Crippen LogP contribution in [0.15, 0.2) is 24.3 Å². The van der Waals surface area contributed by atoms with Crippen molar-refractivity contribution in [2.24, 2.45) is 5.73 Å². The van der Waals surface area contributed by atoms with E-state index in [1.54, 1.807) is 19.1 Å². The van der Waals surface area contributed by atoms with Gasteiger partial charge in [-0.15, -0.1) is 0 Å². The quantitative estimate of drug-likeness (QED) is 0.806. The normalized spacial score (nSPS) is 12.0. The van der Waals surface area contributed by atoms with Crippen molar-refractivity contribution in [2.75, 3.05) is 27.8 Å². The van der Waals surface area contributed by atoms with Crippen LogP contribution >= 0.6 is 0 Å². The summed E-state index contributed by atoms with van der Waals surface area (Å²) in [6, 6.07) is 7.58. The fraction of sp³-hybridized carbons (Fsp3) is 0.462. The molecule has 1 rings (SSSR count). The van der Waals surface area contributed by atoms with Gasteiger partial charge in [-0.25, -0.2) is 0 Å². The van der Waals surface area contributed by atoms with Gasteiger partial charge in [-0.2, -0.15) is 0 Å². The smallest absolute Gasteiger partial charge is 0.253 e. The van der Waals surface area contributed by atoms with Crippen LogP contribution in [0.4, 0.5) is 0 Å². The Morgan fingerprint density at radius 3 is 2.39 bits per heavy atom. The van der Waals surface area contributed by atoms with Gasteiger partial charge in [-0.3, -0.25) is 4.79 Å². The van der Waals surface area contributed by atoms with Gasteiger partial charge in [-0.05, 0) is 17.7 Å². The molecule has 0 aliphatic heterocycles. The van der Waals surface area contributed by atoms with Gasteiger partial charge < -0.3 is 20.1 Å². The Labute approximate surface area is 107 Å². The van der Waals surface area contributed by atoms with Crippen LogP contribution in [0.5, 0.6) is 5.75 Å². The molecular formula is C13H20N2O3. The molecule has 1 unspecified atom stereocenters. The van der Waals surface area contributed by atoms with Gasteiger partial charge in [0.25, 0.3) is 5.91 Å². The number of carbonyl (C=O) groups is 1. The molecule has 1 aromatic carbocycles. The van der Waals surface area contributed by atoms with Gasteiger partial charge >= 0.3 is 0 Å². The summed E-state index contributed by atoms with van der Waals surface area (Å²) < 4.78 is 10.1. The van der Waals surface area contributed by atoms with Crippen molar-refractivity contribution in [3.63, 3.8) is 0 Å². The number of rotatable bonds is 6. The van der Waals surface area contributed by atoms with Crippen molar-refractivity contribution in [3.8, 4) is 5.75 Å². The zero-order valence-corrected chi connectivity index (χ0v) is 11.1. The number of nitrogens with zero attached hydrogens (tertiary/aromatic N) is 1. The fourth-order valence-corrected chi connectivity index (χ4v) is 1.63. The van der Waals surface area contributed by atoms with Crippen molar-refractivity contribution >= 4 is 5.91 Å². The van der Waals surface area contributed by atoms with Crippen LogP contribution in [0.3, 0.4) is 0 Å². The lowest BCUT2D eigenvalue weighted by molar-refractivity contribution is -0.140. The molecule has 1 atom stereocenters. The van der Waals surface area contributed by atoms with Crippen LogP contribution in [-0.2, 0) is 16.1 Å². The van der Waals surface area contributed by atoms with Crippen molar-refractivity contribution < 1.29 is 14.3 Å². The molecule has 0 radical (unpaired) electrons. The van der Waals surface area contributed by atoms with Crippen LogP contribution in [0.25, 0.3) is 0 Å². The SMILES string of the molecule is COc1ccc(CN(C)C(=O)C(CN)OC)cc1. The number of benzene rings is 1. The van der Waals surface area contributed by atoms with E-state index in [1.165, 1.54) is 7.11 Å². The van der Waals surface area contributed by atoms with Gasteiger partial charge in [0, 0.05) is 27.2 Å². The van der Waals surface area contributed by atoms with Crippen molar-refractivity contribution in [1.29, 1.82) is 0 Å². The van der Waals surface area contributed by atoms with Crippen LogP contribution < -0.4 is 10.5 Å². The van der Waals surface area contributed by atoms with Crippen molar-refractivity contribution in [2.45, 2.75) is 12.6 Å². The van der Waals surface area contributed by atoms with E-state index in [9.17, 15) is 4.79 Å². The third-order valence-corrected chi connectivity index (χ3v) is 2.73. The van der Waals surface area contributed by atoms with E-state index < -0.39 is 6.10 Å². The Morgan fingerprint density at radius 2 is 1.94 bits per heavy atom. The first-order valence-corrected chi connectivity index (χ1v) is 5.73. The maximum atomic E-state index is 11.9. The summed E-state index contributed by atoms with van der Waals surface area (Å²) in [4.78, 5) is 13.5. The second kappa shape index (κ2) is 6.98. The first kappa shape index (κ1) is 14.5. The molecule has 0 aliphatic carbocycles. The third kappa shape index (κ3) is 3.72. The van der Waals surface area contributed by atoms with E-state index in [1.807, 2.05) is 24.3 Å². The number of likely N-dealkylation sites (N-methyl/N-ethyl adjacent to an activating group) is 1. The van der Waals surface area contributed by atoms with E-state index in [4.69, 9.17) is 15.2 Å². The summed E-state index contributed by atoms with van der Waals surface area (Å²) in [5, 5.41) is 0. The molecular weight excluding hydrogens is 232 g/mol. The molecule has 18 heavy (non-hydrogen) atoms. The summed E-state index contributed by atoms with van der Waals surface area (Å²) in [5.74, 6) is 0.681. The molecule has 0 saturated carbocycles. The molecule has 0 bridgehead atoms. The average molecular weight is 252 g/mol. The van der Waals surface area contributed by atoms with Crippen molar-refractivity contribution in [1.82, 2.24) is 4.90 Å². The Balaban J connectivity index is 2.62. The fourth-order valence-electron chi connectivity index (χ4n) is 1.63. The average Bonchev–Trinajstić information content (AvgIpc) is 2.40. The first-order valence-electron chi connectivity index (χ1n) is 5.73. The molecule has 2 N–H and O–H groups in total. The van der Waals surface area contributed by atoms with E-state index in [2.05, 4.69) is 0 Å². The monoisotopic (exact) mass is 252 g/mol. The molecule has 5 nitrogen and oxygen atoms in total. The number of nitrogens with two attached hydrogens (primary N) is 1.